The Hall–Kier alpha value is -5.12. The zero-order chi connectivity index (χ0) is 27.1. The van der Waals surface area contributed by atoms with Crippen LogP contribution in [0.2, 0.25) is 0 Å². The van der Waals surface area contributed by atoms with Crippen LogP contribution in [0.25, 0.3) is 33.1 Å². The lowest BCUT2D eigenvalue weighted by atomic mass is 10.0. The zero-order valence-corrected chi connectivity index (χ0v) is 20.8. The first kappa shape index (κ1) is 24.2. The van der Waals surface area contributed by atoms with Gasteiger partial charge in [0.05, 0.1) is 12.1 Å². The smallest absolute Gasteiger partial charge is 0.263 e. The van der Waals surface area contributed by atoms with Gasteiger partial charge in [0.1, 0.15) is 11.2 Å². The Morgan fingerprint density at radius 2 is 1.90 bits per heavy atom. The van der Waals surface area contributed by atoms with Crippen LogP contribution < -0.4 is 10.9 Å². The Bertz CT molecular complexity index is 1940. The number of hydrogen-bond acceptors (Lipinski definition) is 4. The van der Waals surface area contributed by atoms with Crippen molar-refractivity contribution in [2.75, 3.05) is 5.32 Å². The molecule has 0 aliphatic heterocycles. The number of nitrogens with zero attached hydrogens (tertiary/aromatic N) is 4. The summed E-state index contributed by atoms with van der Waals surface area (Å²) in [7, 11) is 0. The van der Waals surface area contributed by atoms with Crippen molar-refractivity contribution in [2.45, 2.75) is 20.0 Å². The first-order valence-electron chi connectivity index (χ1n) is 12.3. The molecule has 0 aliphatic carbocycles. The van der Waals surface area contributed by atoms with Crippen molar-refractivity contribution in [3.63, 3.8) is 0 Å². The molecule has 1 amide bonds. The molecule has 0 saturated carbocycles. The van der Waals surface area contributed by atoms with E-state index in [0.717, 1.165) is 45.2 Å². The van der Waals surface area contributed by atoms with Crippen molar-refractivity contribution in [2.24, 2.45) is 0 Å². The van der Waals surface area contributed by atoms with Crippen molar-refractivity contribution in [3.8, 4) is 11.1 Å². The van der Waals surface area contributed by atoms with E-state index in [-0.39, 0.29) is 12.1 Å². The van der Waals surface area contributed by atoms with Crippen LogP contribution in [0.5, 0.6) is 0 Å². The third kappa shape index (κ3) is 4.35. The largest absolute Gasteiger partial charge is 0.346 e. The number of aromatic amines is 1. The SMILES string of the molecule is CCn1nc(NC(=O)c2cccn(Cc3ccc(F)c(F)c3)c2=O)c2cc(-c3c[nH]c4ncccc34)ccc21. The van der Waals surface area contributed by atoms with E-state index >= 15 is 0 Å². The number of carbonyl (C=O) groups excluding carboxylic acids is 1. The number of amides is 1. The maximum Gasteiger partial charge on any atom is 0.263 e. The quantitative estimate of drug-likeness (QED) is 0.307. The number of aromatic nitrogens is 5. The van der Waals surface area contributed by atoms with Crippen LogP contribution in [0.4, 0.5) is 14.6 Å². The number of halogens is 2. The number of aryl methyl sites for hydroxylation is 1. The van der Waals surface area contributed by atoms with E-state index in [1.54, 1.807) is 16.9 Å². The first-order chi connectivity index (χ1) is 18.9. The first-order valence-corrected chi connectivity index (χ1v) is 12.3. The fourth-order valence-electron chi connectivity index (χ4n) is 4.72. The Kier molecular flexibility index (Phi) is 5.99. The van der Waals surface area contributed by atoms with Gasteiger partial charge in [-0.1, -0.05) is 12.1 Å². The molecule has 6 rings (SSSR count). The molecular weight excluding hydrogens is 502 g/mol. The Balaban J connectivity index is 1.34. The van der Waals surface area contributed by atoms with Crippen LogP contribution in [-0.4, -0.2) is 30.2 Å². The standard InChI is InChI=1S/C29H22F2N6O2/c1-2-37-25-10-8-18(22-15-33-26-19(22)5-3-11-32-26)14-21(25)27(35-37)34-28(38)20-6-4-12-36(29(20)39)16-17-7-9-23(30)24(31)13-17/h3-15H,2,16H2,1H3,(H,32,33)(H,34,35,38). The summed E-state index contributed by atoms with van der Waals surface area (Å²) < 4.78 is 30.0. The van der Waals surface area contributed by atoms with Crippen LogP contribution >= 0.6 is 0 Å². The molecule has 2 aromatic carbocycles. The molecule has 4 heterocycles. The number of hydrogen-bond donors (Lipinski definition) is 2. The molecule has 0 saturated heterocycles. The highest BCUT2D eigenvalue weighted by Crippen LogP contribution is 2.32. The molecule has 0 spiro atoms. The molecule has 0 unspecified atom stereocenters. The van der Waals surface area contributed by atoms with Crippen LogP contribution in [0.15, 0.2) is 84.0 Å². The second-order valence-electron chi connectivity index (χ2n) is 9.06. The highest BCUT2D eigenvalue weighted by Gasteiger charge is 2.18. The molecule has 39 heavy (non-hydrogen) atoms. The van der Waals surface area contributed by atoms with Crippen LogP contribution in [0.3, 0.4) is 0 Å². The summed E-state index contributed by atoms with van der Waals surface area (Å²) in [4.78, 5) is 33.9. The van der Waals surface area contributed by atoms with Gasteiger partial charge in [-0.05, 0) is 66.6 Å². The van der Waals surface area contributed by atoms with E-state index in [1.807, 2.05) is 43.5 Å². The van der Waals surface area contributed by atoms with Gasteiger partial charge in [0.2, 0.25) is 0 Å². The number of pyridine rings is 2. The molecule has 8 nitrogen and oxygen atoms in total. The summed E-state index contributed by atoms with van der Waals surface area (Å²) >= 11 is 0. The van der Waals surface area contributed by atoms with Crippen LogP contribution in [-0.2, 0) is 13.1 Å². The minimum Gasteiger partial charge on any atom is -0.346 e. The number of rotatable bonds is 6. The van der Waals surface area contributed by atoms with Crippen molar-refractivity contribution in [1.29, 1.82) is 0 Å². The summed E-state index contributed by atoms with van der Waals surface area (Å²) in [5, 5.41) is 9.06. The molecular formula is C29H22F2N6O2. The Labute approximate surface area is 220 Å². The number of carbonyl (C=O) groups is 1. The van der Waals surface area contributed by atoms with Gasteiger partial charge >= 0.3 is 0 Å². The summed E-state index contributed by atoms with van der Waals surface area (Å²) in [5.74, 6) is -2.27. The van der Waals surface area contributed by atoms with Crippen molar-refractivity contribution in [1.82, 2.24) is 24.3 Å². The fraction of sp³-hybridized carbons (Fsp3) is 0.103. The molecule has 10 heteroatoms. The maximum absolute atomic E-state index is 13.6. The van der Waals surface area contributed by atoms with Crippen molar-refractivity contribution in [3.05, 3.63) is 112 Å². The number of anilines is 1. The van der Waals surface area contributed by atoms with Gasteiger partial charge in [-0.2, -0.15) is 5.10 Å². The van der Waals surface area contributed by atoms with Gasteiger partial charge < -0.3 is 14.9 Å². The molecule has 0 radical (unpaired) electrons. The van der Waals surface area contributed by atoms with Gasteiger partial charge in [-0.3, -0.25) is 14.3 Å². The van der Waals surface area contributed by atoms with Gasteiger partial charge in [-0.25, -0.2) is 13.8 Å². The third-order valence-electron chi connectivity index (χ3n) is 6.65. The average Bonchev–Trinajstić information content (AvgIpc) is 3.53. The molecule has 0 fully saturated rings. The van der Waals surface area contributed by atoms with E-state index in [4.69, 9.17) is 0 Å². The molecule has 0 bridgehead atoms. The fourth-order valence-corrected chi connectivity index (χ4v) is 4.72. The zero-order valence-electron chi connectivity index (χ0n) is 20.8. The lowest BCUT2D eigenvalue weighted by molar-refractivity contribution is 0.102. The topological polar surface area (TPSA) is 97.6 Å². The highest BCUT2D eigenvalue weighted by atomic mass is 19.2. The monoisotopic (exact) mass is 524 g/mol. The van der Waals surface area contributed by atoms with Gasteiger partial charge in [0.15, 0.2) is 17.5 Å². The molecule has 194 valence electrons. The van der Waals surface area contributed by atoms with Gasteiger partial charge in [-0.15, -0.1) is 0 Å². The molecule has 0 aliphatic rings. The van der Waals surface area contributed by atoms with Gasteiger partial charge in [0, 0.05) is 41.5 Å². The van der Waals surface area contributed by atoms with Crippen molar-refractivity contribution < 1.29 is 13.6 Å². The molecule has 6 aromatic rings. The molecule has 0 atom stereocenters. The summed E-state index contributed by atoms with van der Waals surface area (Å²) in [6.45, 7) is 2.51. The predicted octanol–water partition coefficient (Wildman–Crippen LogP) is 5.34. The molecule has 4 aromatic heterocycles. The highest BCUT2D eigenvalue weighted by molar-refractivity contribution is 6.08. The summed E-state index contributed by atoms with van der Waals surface area (Å²) in [6.07, 6.45) is 5.10. The lowest BCUT2D eigenvalue weighted by Crippen LogP contribution is -2.29. The number of H-pyrrole nitrogens is 1. The maximum atomic E-state index is 13.6. The number of benzene rings is 2. The van der Waals surface area contributed by atoms with Crippen LogP contribution in [0.1, 0.15) is 22.8 Å². The summed E-state index contributed by atoms with van der Waals surface area (Å²) in [6, 6.07) is 16.1. The van der Waals surface area contributed by atoms with Gasteiger partial charge in [0.25, 0.3) is 11.5 Å². The van der Waals surface area contributed by atoms with Crippen molar-refractivity contribution >= 4 is 33.7 Å². The number of nitrogens with one attached hydrogen (secondary N) is 2. The Morgan fingerprint density at radius 1 is 1.03 bits per heavy atom. The minimum atomic E-state index is -1.00. The molecule has 2 N–H and O–H groups in total. The summed E-state index contributed by atoms with van der Waals surface area (Å²) in [5.41, 5.74) is 3.21. The normalized spacial score (nSPS) is 11.4. The minimum absolute atomic E-state index is 0.0205. The van der Waals surface area contributed by atoms with E-state index < -0.39 is 23.1 Å². The second-order valence-corrected chi connectivity index (χ2v) is 9.06. The predicted molar refractivity (Wildman–Crippen MR) is 145 cm³/mol. The lowest BCUT2D eigenvalue weighted by Gasteiger charge is -2.09. The number of fused-ring (bicyclic) bond motifs is 2. The second kappa shape index (κ2) is 9.64. The van der Waals surface area contributed by atoms with Crippen LogP contribution in [0, 0.1) is 11.6 Å². The Morgan fingerprint density at radius 3 is 2.72 bits per heavy atom. The van der Waals surface area contributed by atoms with E-state index in [0.29, 0.717) is 17.9 Å². The average molecular weight is 525 g/mol. The van der Waals surface area contributed by atoms with E-state index in [2.05, 4.69) is 20.4 Å². The van der Waals surface area contributed by atoms with E-state index in [9.17, 15) is 18.4 Å². The van der Waals surface area contributed by atoms with E-state index in [1.165, 1.54) is 22.9 Å². The third-order valence-corrected chi connectivity index (χ3v) is 6.65.